The molecule has 3 aromatic rings. The van der Waals surface area contributed by atoms with Gasteiger partial charge in [0.05, 0.1) is 22.4 Å². The lowest BCUT2D eigenvalue weighted by Crippen LogP contribution is -2.37. The van der Waals surface area contributed by atoms with Crippen LogP contribution < -0.4 is 14.9 Å². The van der Waals surface area contributed by atoms with Crippen LogP contribution in [0.4, 0.5) is 23.1 Å². The van der Waals surface area contributed by atoms with Crippen molar-refractivity contribution in [3.8, 4) is 6.07 Å². The Hall–Kier alpha value is -3.32. The zero-order valence-electron chi connectivity index (χ0n) is 17.6. The van der Waals surface area contributed by atoms with Crippen LogP contribution in [0.1, 0.15) is 44.1 Å². The van der Waals surface area contributed by atoms with E-state index in [1.807, 2.05) is 12.1 Å². The van der Waals surface area contributed by atoms with Crippen molar-refractivity contribution in [2.45, 2.75) is 44.6 Å². The number of aromatic amines is 1. The molecule has 0 spiro atoms. The highest BCUT2D eigenvalue weighted by atomic mass is 32.2. The Morgan fingerprint density at radius 1 is 1.09 bits per heavy atom. The number of nitrogens with zero attached hydrogens (tertiary/aromatic N) is 4. The van der Waals surface area contributed by atoms with E-state index in [1.165, 1.54) is 17.1 Å². The number of sulfonamides is 1. The molecule has 166 valence electrons. The van der Waals surface area contributed by atoms with Crippen LogP contribution in [0.3, 0.4) is 0 Å². The van der Waals surface area contributed by atoms with Gasteiger partial charge in [0.25, 0.3) is 0 Å². The normalized spacial score (nSPS) is 18.5. The van der Waals surface area contributed by atoms with Crippen molar-refractivity contribution in [1.82, 2.24) is 15.0 Å². The minimum atomic E-state index is -3.24. The van der Waals surface area contributed by atoms with Crippen molar-refractivity contribution in [3.05, 3.63) is 36.0 Å². The Morgan fingerprint density at radius 2 is 1.88 bits per heavy atom. The summed E-state index contributed by atoms with van der Waals surface area (Å²) in [6.45, 7) is 0.513. The molecule has 0 atom stereocenters. The van der Waals surface area contributed by atoms with Crippen LogP contribution in [0.5, 0.6) is 0 Å². The van der Waals surface area contributed by atoms with Gasteiger partial charge in [0.1, 0.15) is 17.5 Å². The van der Waals surface area contributed by atoms with Crippen molar-refractivity contribution in [2.24, 2.45) is 0 Å². The molecule has 1 aromatic carbocycles. The average molecular weight is 452 g/mol. The summed E-state index contributed by atoms with van der Waals surface area (Å²) in [6.07, 6.45) is 7.77. The van der Waals surface area contributed by atoms with Gasteiger partial charge in [-0.2, -0.15) is 15.2 Å². The van der Waals surface area contributed by atoms with E-state index in [0.29, 0.717) is 53.1 Å². The molecule has 9 nitrogen and oxygen atoms in total. The highest BCUT2D eigenvalue weighted by molar-refractivity contribution is 7.92. The van der Waals surface area contributed by atoms with Crippen molar-refractivity contribution in [1.29, 1.82) is 5.26 Å². The number of nitrogens with one attached hydrogen (secondary N) is 3. The molecule has 1 aliphatic heterocycles. The molecule has 0 unspecified atom stereocenters. The minimum Gasteiger partial charge on any atom is -0.367 e. The minimum absolute atomic E-state index is 0.193. The van der Waals surface area contributed by atoms with Gasteiger partial charge in [-0.05, 0) is 49.9 Å². The topological polar surface area (TPSA) is 127 Å². The molecule has 3 heterocycles. The zero-order chi connectivity index (χ0) is 22.1. The zero-order valence-corrected chi connectivity index (χ0v) is 18.5. The number of anilines is 4. The molecule has 2 aromatic heterocycles. The van der Waals surface area contributed by atoms with Crippen LogP contribution in [-0.2, 0) is 10.0 Å². The van der Waals surface area contributed by atoms with Gasteiger partial charge < -0.3 is 15.6 Å². The van der Waals surface area contributed by atoms with E-state index >= 15 is 0 Å². The van der Waals surface area contributed by atoms with Gasteiger partial charge in [0, 0.05) is 24.5 Å². The van der Waals surface area contributed by atoms with Gasteiger partial charge in [0.15, 0.2) is 0 Å². The third kappa shape index (κ3) is 3.96. The summed E-state index contributed by atoms with van der Waals surface area (Å²) in [5.74, 6) is 1.25. The monoisotopic (exact) mass is 451 g/mol. The molecule has 2 aliphatic rings. The second-order valence-electron chi connectivity index (χ2n) is 8.33. The Balaban J connectivity index is 1.42. The van der Waals surface area contributed by atoms with Crippen molar-refractivity contribution < 1.29 is 8.42 Å². The van der Waals surface area contributed by atoms with Crippen LogP contribution in [0.2, 0.25) is 0 Å². The predicted octanol–water partition coefficient (Wildman–Crippen LogP) is 3.86. The molecule has 10 heteroatoms. The van der Waals surface area contributed by atoms with Crippen LogP contribution in [-0.4, -0.2) is 41.7 Å². The van der Waals surface area contributed by atoms with E-state index in [4.69, 9.17) is 0 Å². The Morgan fingerprint density at radius 3 is 2.59 bits per heavy atom. The number of aromatic nitrogens is 3. The lowest BCUT2D eigenvalue weighted by atomic mass is 10.2. The van der Waals surface area contributed by atoms with Gasteiger partial charge in [-0.1, -0.05) is 12.8 Å². The van der Waals surface area contributed by atoms with Crippen molar-refractivity contribution in [2.75, 3.05) is 27.2 Å². The van der Waals surface area contributed by atoms with E-state index < -0.39 is 10.0 Å². The molecule has 0 amide bonds. The first kappa shape index (κ1) is 20.6. The van der Waals surface area contributed by atoms with Crippen molar-refractivity contribution >= 4 is 44.2 Å². The maximum absolute atomic E-state index is 12.3. The maximum Gasteiger partial charge on any atom is 0.235 e. The van der Waals surface area contributed by atoms with Gasteiger partial charge in [-0.3, -0.25) is 4.31 Å². The van der Waals surface area contributed by atoms with Crippen LogP contribution in [0, 0.1) is 11.3 Å². The van der Waals surface area contributed by atoms with Crippen molar-refractivity contribution in [3.63, 3.8) is 0 Å². The molecular formula is C22H25N7O2S. The Kier molecular flexibility index (Phi) is 5.35. The standard InChI is InChI=1S/C22H25N7O2S/c23-13-15-14-24-20-19(15)21(25-16-5-1-2-6-16)28-22(27-20)26-17-7-9-18(10-8-17)29-11-3-4-12-32(29,30)31/h7-10,14,16H,1-6,11-12H2,(H3,24,25,26,27,28). The molecule has 5 rings (SSSR count). The van der Waals surface area contributed by atoms with Gasteiger partial charge in [-0.25, -0.2) is 8.42 Å². The maximum atomic E-state index is 12.3. The molecule has 0 bridgehead atoms. The SMILES string of the molecule is N#Cc1c[nH]c2nc(Nc3ccc(N4CCCCS4(=O)=O)cc3)nc(NC3CCCC3)c12. The number of fused-ring (bicyclic) bond motifs is 1. The van der Waals surface area contributed by atoms with Crippen LogP contribution >= 0.6 is 0 Å². The first-order chi connectivity index (χ1) is 15.5. The Bertz CT molecular complexity index is 1270. The third-order valence-corrected chi connectivity index (χ3v) is 7.98. The molecule has 0 radical (unpaired) electrons. The quantitative estimate of drug-likeness (QED) is 0.537. The fourth-order valence-electron chi connectivity index (χ4n) is 4.46. The number of H-pyrrole nitrogens is 1. The smallest absolute Gasteiger partial charge is 0.235 e. The van der Waals surface area contributed by atoms with E-state index in [2.05, 4.69) is 31.7 Å². The molecule has 2 fully saturated rings. The number of benzene rings is 1. The summed E-state index contributed by atoms with van der Waals surface area (Å²) in [5, 5.41) is 16.9. The first-order valence-corrected chi connectivity index (χ1v) is 12.6. The largest absolute Gasteiger partial charge is 0.367 e. The number of hydrogen-bond acceptors (Lipinski definition) is 7. The number of nitriles is 1. The molecular weight excluding hydrogens is 426 g/mol. The molecule has 1 saturated heterocycles. The summed E-state index contributed by atoms with van der Waals surface area (Å²) in [5.41, 5.74) is 2.52. The molecule has 1 saturated carbocycles. The highest BCUT2D eigenvalue weighted by Gasteiger charge is 2.26. The lowest BCUT2D eigenvalue weighted by Gasteiger charge is -2.28. The highest BCUT2D eigenvalue weighted by Crippen LogP contribution is 2.30. The molecule has 3 N–H and O–H groups in total. The summed E-state index contributed by atoms with van der Waals surface area (Å²) in [6, 6.07) is 9.79. The second kappa shape index (κ2) is 8.31. The van der Waals surface area contributed by atoms with Crippen LogP contribution in [0.15, 0.2) is 30.5 Å². The van der Waals surface area contributed by atoms with E-state index in [9.17, 15) is 13.7 Å². The lowest BCUT2D eigenvalue weighted by molar-refractivity contribution is 0.574. The van der Waals surface area contributed by atoms with E-state index in [0.717, 1.165) is 24.9 Å². The fraction of sp³-hybridized carbons (Fsp3) is 0.409. The Labute approximate surface area is 186 Å². The summed E-state index contributed by atoms with van der Waals surface area (Å²) < 4.78 is 26.2. The second-order valence-corrected chi connectivity index (χ2v) is 10.3. The predicted molar refractivity (Wildman–Crippen MR) is 125 cm³/mol. The summed E-state index contributed by atoms with van der Waals surface area (Å²) in [7, 11) is -3.24. The average Bonchev–Trinajstić information content (AvgIpc) is 3.44. The van der Waals surface area contributed by atoms with E-state index in [1.54, 1.807) is 18.3 Å². The molecule has 1 aliphatic carbocycles. The number of rotatable bonds is 5. The molecule has 32 heavy (non-hydrogen) atoms. The van der Waals surface area contributed by atoms with Gasteiger partial charge in [0.2, 0.25) is 16.0 Å². The summed E-state index contributed by atoms with van der Waals surface area (Å²) >= 11 is 0. The fourth-order valence-corrected chi connectivity index (χ4v) is 6.10. The van der Waals surface area contributed by atoms with Gasteiger partial charge >= 0.3 is 0 Å². The van der Waals surface area contributed by atoms with Gasteiger partial charge in [-0.15, -0.1) is 0 Å². The number of hydrogen-bond donors (Lipinski definition) is 3. The van der Waals surface area contributed by atoms with Crippen LogP contribution in [0.25, 0.3) is 11.0 Å². The first-order valence-electron chi connectivity index (χ1n) is 11.0. The van der Waals surface area contributed by atoms with E-state index in [-0.39, 0.29) is 5.75 Å². The summed E-state index contributed by atoms with van der Waals surface area (Å²) in [4.78, 5) is 12.3. The third-order valence-electron chi connectivity index (χ3n) is 6.11.